The van der Waals surface area contributed by atoms with Gasteiger partial charge >= 0.3 is 0 Å². The van der Waals surface area contributed by atoms with Gasteiger partial charge in [-0.3, -0.25) is 9.69 Å². The molecule has 2 heterocycles. The number of benzene rings is 1. The average molecular weight is 416 g/mol. The standard InChI is InChI=1S/C23H37N5O2/c1-3-24-23(25-17-19(2)27-13-15-30-16-14-27)26-18-20-7-9-21(10-8-20)22(29)28-11-5-4-6-12-28/h7-10,19H,3-6,11-18H2,1-2H3,(H2,24,25,26). The third-order valence-corrected chi connectivity index (χ3v) is 5.84. The van der Waals surface area contributed by atoms with E-state index in [9.17, 15) is 4.79 Å². The zero-order valence-corrected chi connectivity index (χ0v) is 18.5. The van der Waals surface area contributed by atoms with E-state index in [0.717, 1.165) is 82.4 Å². The van der Waals surface area contributed by atoms with Crippen molar-refractivity contribution in [1.29, 1.82) is 0 Å². The molecule has 1 aromatic rings. The number of carbonyl (C=O) groups is 1. The Bertz CT molecular complexity index is 679. The predicted octanol–water partition coefficient (Wildman–Crippen LogP) is 2.09. The van der Waals surface area contributed by atoms with Gasteiger partial charge in [0, 0.05) is 50.9 Å². The number of rotatable bonds is 7. The minimum Gasteiger partial charge on any atom is -0.379 e. The molecule has 0 bridgehead atoms. The molecule has 2 N–H and O–H groups in total. The van der Waals surface area contributed by atoms with Crippen molar-refractivity contribution < 1.29 is 9.53 Å². The lowest BCUT2D eigenvalue weighted by molar-refractivity contribution is 0.0211. The van der Waals surface area contributed by atoms with Crippen LogP contribution in [0.2, 0.25) is 0 Å². The van der Waals surface area contributed by atoms with E-state index in [0.29, 0.717) is 12.6 Å². The van der Waals surface area contributed by atoms with Gasteiger partial charge in [-0.15, -0.1) is 0 Å². The summed E-state index contributed by atoms with van der Waals surface area (Å²) in [6.45, 7) is 11.9. The van der Waals surface area contributed by atoms with Gasteiger partial charge in [0.05, 0.1) is 19.8 Å². The van der Waals surface area contributed by atoms with E-state index >= 15 is 0 Å². The molecule has 2 fully saturated rings. The molecule has 1 amide bonds. The monoisotopic (exact) mass is 415 g/mol. The van der Waals surface area contributed by atoms with Gasteiger partial charge in [-0.1, -0.05) is 12.1 Å². The fraction of sp³-hybridized carbons (Fsp3) is 0.652. The number of morpholine rings is 1. The Morgan fingerprint density at radius 3 is 2.43 bits per heavy atom. The summed E-state index contributed by atoms with van der Waals surface area (Å²) in [4.78, 5) is 21.7. The van der Waals surface area contributed by atoms with Crippen LogP contribution in [0.5, 0.6) is 0 Å². The first-order chi connectivity index (χ1) is 14.7. The second-order valence-electron chi connectivity index (χ2n) is 8.12. The second-order valence-corrected chi connectivity index (χ2v) is 8.12. The van der Waals surface area contributed by atoms with Crippen LogP contribution in [0.4, 0.5) is 0 Å². The second kappa shape index (κ2) is 11.9. The molecule has 2 saturated heterocycles. The summed E-state index contributed by atoms with van der Waals surface area (Å²) in [7, 11) is 0. The lowest BCUT2D eigenvalue weighted by Gasteiger charge is -2.32. The van der Waals surface area contributed by atoms with Crippen LogP contribution < -0.4 is 10.6 Å². The van der Waals surface area contributed by atoms with Gasteiger partial charge in [0.15, 0.2) is 5.96 Å². The Labute approximate surface area is 180 Å². The minimum absolute atomic E-state index is 0.150. The molecule has 2 aliphatic heterocycles. The van der Waals surface area contributed by atoms with Crippen LogP contribution in [0.1, 0.15) is 49.0 Å². The summed E-state index contributed by atoms with van der Waals surface area (Å²) in [5, 5.41) is 6.77. The maximum absolute atomic E-state index is 12.6. The molecule has 3 rings (SSSR count). The molecule has 7 nitrogen and oxygen atoms in total. The van der Waals surface area contributed by atoms with E-state index < -0.39 is 0 Å². The van der Waals surface area contributed by atoms with Crippen molar-refractivity contribution in [3.8, 4) is 0 Å². The van der Waals surface area contributed by atoms with Crippen molar-refractivity contribution in [2.75, 3.05) is 52.5 Å². The zero-order chi connectivity index (χ0) is 21.2. The topological polar surface area (TPSA) is 69.2 Å². The van der Waals surface area contributed by atoms with E-state index in [2.05, 4.69) is 29.4 Å². The SMILES string of the molecule is CCNC(=NCc1ccc(C(=O)N2CCCCC2)cc1)NCC(C)N1CCOCC1. The van der Waals surface area contributed by atoms with E-state index in [4.69, 9.17) is 9.73 Å². The lowest BCUT2D eigenvalue weighted by Crippen LogP contribution is -2.49. The van der Waals surface area contributed by atoms with Gasteiger partial charge in [0.25, 0.3) is 5.91 Å². The normalized spacial score (nSPS) is 19.4. The fourth-order valence-corrected chi connectivity index (χ4v) is 3.94. The molecular weight excluding hydrogens is 378 g/mol. The number of piperidine rings is 1. The number of aliphatic imine (C=N–C) groups is 1. The zero-order valence-electron chi connectivity index (χ0n) is 18.5. The molecule has 0 spiro atoms. The van der Waals surface area contributed by atoms with Crippen molar-refractivity contribution >= 4 is 11.9 Å². The Morgan fingerprint density at radius 2 is 1.77 bits per heavy atom. The largest absolute Gasteiger partial charge is 0.379 e. The number of likely N-dealkylation sites (tertiary alicyclic amines) is 1. The van der Waals surface area contributed by atoms with Crippen molar-refractivity contribution in [3.05, 3.63) is 35.4 Å². The van der Waals surface area contributed by atoms with Gasteiger partial charge in [-0.25, -0.2) is 4.99 Å². The molecule has 166 valence electrons. The maximum Gasteiger partial charge on any atom is 0.253 e. The van der Waals surface area contributed by atoms with E-state index in [1.807, 2.05) is 29.2 Å². The Morgan fingerprint density at radius 1 is 1.07 bits per heavy atom. The molecule has 0 saturated carbocycles. The van der Waals surface area contributed by atoms with Crippen molar-refractivity contribution in [2.24, 2.45) is 4.99 Å². The summed E-state index contributed by atoms with van der Waals surface area (Å²) in [5.74, 6) is 0.975. The third-order valence-electron chi connectivity index (χ3n) is 5.84. The smallest absolute Gasteiger partial charge is 0.253 e. The molecular formula is C23H37N5O2. The highest BCUT2D eigenvalue weighted by Crippen LogP contribution is 2.14. The number of hydrogen-bond acceptors (Lipinski definition) is 4. The van der Waals surface area contributed by atoms with Gasteiger partial charge < -0.3 is 20.3 Å². The van der Waals surface area contributed by atoms with Crippen LogP contribution in [0.15, 0.2) is 29.3 Å². The first-order valence-electron chi connectivity index (χ1n) is 11.4. The number of nitrogens with zero attached hydrogens (tertiary/aromatic N) is 3. The fourth-order valence-electron chi connectivity index (χ4n) is 3.94. The van der Waals surface area contributed by atoms with Gasteiger partial charge in [0.2, 0.25) is 0 Å². The molecule has 1 unspecified atom stereocenters. The Balaban J connectivity index is 1.51. The molecule has 2 aliphatic rings. The molecule has 0 aliphatic carbocycles. The maximum atomic E-state index is 12.6. The van der Waals surface area contributed by atoms with Crippen LogP contribution >= 0.6 is 0 Å². The van der Waals surface area contributed by atoms with E-state index in [1.54, 1.807) is 0 Å². The Kier molecular flexibility index (Phi) is 8.96. The van der Waals surface area contributed by atoms with Gasteiger partial charge in [0.1, 0.15) is 0 Å². The number of ether oxygens (including phenoxy) is 1. The molecule has 0 aromatic heterocycles. The first kappa shape index (κ1) is 22.6. The van der Waals surface area contributed by atoms with Crippen LogP contribution in [-0.2, 0) is 11.3 Å². The van der Waals surface area contributed by atoms with Crippen LogP contribution in [-0.4, -0.2) is 80.2 Å². The highest BCUT2D eigenvalue weighted by atomic mass is 16.5. The molecule has 0 radical (unpaired) electrons. The van der Waals surface area contributed by atoms with Gasteiger partial charge in [-0.2, -0.15) is 0 Å². The molecule has 7 heteroatoms. The van der Waals surface area contributed by atoms with E-state index in [1.165, 1.54) is 6.42 Å². The van der Waals surface area contributed by atoms with Crippen molar-refractivity contribution in [3.63, 3.8) is 0 Å². The Hall–Kier alpha value is -2.12. The molecule has 1 aromatic carbocycles. The minimum atomic E-state index is 0.150. The number of guanidine groups is 1. The van der Waals surface area contributed by atoms with Crippen molar-refractivity contribution in [2.45, 2.75) is 45.7 Å². The highest BCUT2D eigenvalue weighted by Gasteiger charge is 2.18. The summed E-state index contributed by atoms with van der Waals surface area (Å²) in [5.41, 5.74) is 1.87. The van der Waals surface area contributed by atoms with Gasteiger partial charge in [-0.05, 0) is 50.8 Å². The van der Waals surface area contributed by atoms with Crippen molar-refractivity contribution in [1.82, 2.24) is 20.4 Å². The van der Waals surface area contributed by atoms with Crippen LogP contribution in [0.3, 0.4) is 0 Å². The van der Waals surface area contributed by atoms with Crippen LogP contribution in [0, 0.1) is 0 Å². The number of carbonyl (C=O) groups excluding carboxylic acids is 1. The summed E-state index contributed by atoms with van der Waals surface area (Å²) >= 11 is 0. The summed E-state index contributed by atoms with van der Waals surface area (Å²) in [6, 6.07) is 8.32. The first-order valence-corrected chi connectivity index (χ1v) is 11.4. The average Bonchev–Trinajstić information content (AvgIpc) is 2.81. The predicted molar refractivity (Wildman–Crippen MR) is 121 cm³/mol. The highest BCUT2D eigenvalue weighted by molar-refractivity contribution is 5.94. The quantitative estimate of drug-likeness (QED) is 0.527. The molecule has 30 heavy (non-hydrogen) atoms. The number of amides is 1. The van der Waals surface area contributed by atoms with E-state index in [-0.39, 0.29) is 5.91 Å². The summed E-state index contributed by atoms with van der Waals surface area (Å²) < 4.78 is 5.44. The third kappa shape index (κ3) is 6.71. The summed E-state index contributed by atoms with van der Waals surface area (Å²) in [6.07, 6.45) is 3.46. The number of hydrogen-bond donors (Lipinski definition) is 2. The molecule has 1 atom stereocenters. The lowest BCUT2D eigenvalue weighted by atomic mass is 10.1. The number of nitrogens with one attached hydrogen (secondary N) is 2. The van der Waals surface area contributed by atoms with Crippen LogP contribution in [0.25, 0.3) is 0 Å².